The van der Waals surface area contributed by atoms with Crippen molar-refractivity contribution in [2.24, 2.45) is 0 Å². The van der Waals surface area contributed by atoms with Crippen molar-refractivity contribution >= 4 is 0 Å². The van der Waals surface area contributed by atoms with Gasteiger partial charge in [0.1, 0.15) is 5.82 Å². The van der Waals surface area contributed by atoms with Crippen LogP contribution in [0.15, 0.2) is 60.7 Å². The van der Waals surface area contributed by atoms with Crippen molar-refractivity contribution in [1.29, 1.82) is 0 Å². The molecule has 1 N–H and O–H groups in total. The highest BCUT2D eigenvalue weighted by molar-refractivity contribution is 5.65. The first-order chi connectivity index (χ1) is 11.8. The number of nitrogens with one attached hydrogen (secondary N) is 1. The Kier molecular flexibility index (Phi) is 4.09. The summed E-state index contributed by atoms with van der Waals surface area (Å²) < 4.78 is 0. The molecular formula is C21H21N3. The van der Waals surface area contributed by atoms with E-state index < -0.39 is 0 Å². The number of fused-ring (bicyclic) bond motifs is 1. The van der Waals surface area contributed by atoms with Crippen molar-refractivity contribution in [2.75, 3.05) is 6.54 Å². The van der Waals surface area contributed by atoms with E-state index in [4.69, 9.17) is 9.97 Å². The highest BCUT2D eigenvalue weighted by atomic mass is 15.0. The van der Waals surface area contributed by atoms with Gasteiger partial charge in [-0.1, -0.05) is 60.7 Å². The molecule has 0 saturated heterocycles. The van der Waals surface area contributed by atoms with Crippen molar-refractivity contribution < 1.29 is 0 Å². The van der Waals surface area contributed by atoms with Crippen molar-refractivity contribution in [1.82, 2.24) is 15.3 Å². The van der Waals surface area contributed by atoms with Crippen LogP contribution in [-0.4, -0.2) is 16.5 Å². The van der Waals surface area contributed by atoms with Crippen molar-refractivity contribution in [3.05, 3.63) is 83.3 Å². The number of rotatable bonds is 3. The van der Waals surface area contributed by atoms with Crippen molar-refractivity contribution in [2.45, 2.75) is 25.8 Å². The first kappa shape index (κ1) is 15.0. The lowest BCUT2D eigenvalue weighted by Crippen LogP contribution is -2.31. The van der Waals surface area contributed by atoms with Gasteiger partial charge in [0.05, 0.1) is 11.4 Å². The average molecular weight is 315 g/mol. The molecule has 24 heavy (non-hydrogen) atoms. The maximum Gasteiger partial charge on any atom is 0.126 e. The fraction of sp³-hybridized carbons (Fsp3) is 0.238. The lowest BCUT2D eigenvalue weighted by molar-refractivity contribution is 0.526. The molecule has 1 aliphatic heterocycles. The van der Waals surface area contributed by atoms with E-state index in [9.17, 15) is 0 Å². The van der Waals surface area contributed by atoms with Crippen LogP contribution in [0.1, 0.15) is 28.6 Å². The molecule has 3 aromatic rings. The second-order valence-electron chi connectivity index (χ2n) is 6.36. The van der Waals surface area contributed by atoms with Gasteiger partial charge in [-0.2, -0.15) is 0 Å². The molecule has 1 atom stereocenters. The predicted molar refractivity (Wildman–Crippen MR) is 96.8 cm³/mol. The van der Waals surface area contributed by atoms with E-state index in [1.807, 2.05) is 13.0 Å². The number of nitrogens with zero attached hydrogens (tertiary/aromatic N) is 2. The van der Waals surface area contributed by atoms with Crippen LogP contribution < -0.4 is 5.32 Å². The van der Waals surface area contributed by atoms with Crippen LogP contribution in [0.2, 0.25) is 0 Å². The molecule has 0 amide bonds. The Morgan fingerprint density at radius 1 is 0.958 bits per heavy atom. The molecule has 0 saturated carbocycles. The van der Waals surface area contributed by atoms with Crippen LogP contribution in [0.4, 0.5) is 0 Å². The van der Waals surface area contributed by atoms with E-state index in [0.29, 0.717) is 5.92 Å². The maximum absolute atomic E-state index is 4.81. The molecule has 1 unspecified atom stereocenters. The van der Waals surface area contributed by atoms with E-state index in [2.05, 4.69) is 59.9 Å². The zero-order chi connectivity index (χ0) is 16.4. The van der Waals surface area contributed by atoms with Crippen LogP contribution in [0.25, 0.3) is 11.3 Å². The Morgan fingerprint density at radius 2 is 1.67 bits per heavy atom. The van der Waals surface area contributed by atoms with Crippen molar-refractivity contribution in [3.8, 4) is 11.3 Å². The SMILES string of the molecule is Cc1nc2c(c(-c3ccccc3)n1)C(Cc1ccccc1)CNC2. The zero-order valence-electron chi connectivity index (χ0n) is 13.9. The Bertz CT molecular complexity index is 828. The zero-order valence-corrected chi connectivity index (χ0v) is 13.9. The third kappa shape index (κ3) is 2.95. The molecular weight excluding hydrogens is 294 g/mol. The van der Waals surface area contributed by atoms with Gasteiger partial charge in [-0.25, -0.2) is 9.97 Å². The average Bonchev–Trinajstić information content (AvgIpc) is 2.62. The number of hydrogen-bond acceptors (Lipinski definition) is 3. The molecule has 1 aromatic heterocycles. The summed E-state index contributed by atoms with van der Waals surface area (Å²) >= 11 is 0. The van der Waals surface area contributed by atoms with Gasteiger partial charge in [0.15, 0.2) is 0 Å². The van der Waals surface area contributed by atoms with Gasteiger partial charge in [-0.05, 0) is 18.9 Å². The Morgan fingerprint density at radius 3 is 2.42 bits per heavy atom. The van der Waals surface area contributed by atoms with Crippen LogP contribution >= 0.6 is 0 Å². The summed E-state index contributed by atoms with van der Waals surface area (Å²) in [5, 5.41) is 3.53. The van der Waals surface area contributed by atoms with Gasteiger partial charge in [-0.3, -0.25) is 0 Å². The molecule has 0 bridgehead atoms. The topological polar surface area (TPSA) is 37.8 Å². The highest BCUT2D eigenvalue weighted by Gasteiger charge is 2.26. The minimum Gasteiger partial charge on any atom is -0.311 e. The van der Waals surface area contributed by atoms with Crippen LogP contribution in [0, 0.1) is 6.92 Å². The van der Waals surface area contributed by atoms with E-state index in [1.54, 1.807) is 0 Å². The molecule has 4 rings (SSSR count). The maximum atomic E-state index is 4.81. The van der Waals surface area contributed by atoms with Gasteiger partial charge in [0, 0.05) is 30.1 Å². The summed E-state index contributed by atoms with van der Waals surface area (Å²) in [6.07, 6.45) is 1.01. The molecule has 0 aliphatic carbocycles. The van der Waals surface area contributed by atoms with E-state index in [-0.39, 0.29) is 0 Å². The third-order valence-corrected chi connectivity index (χ3v) is 4.60. The Labute approximate surface area is 142 Å². The first-order valence-corrected chi connectivity index (χ1v) is 8.49. The van der Waals surface area contributed by atoms with Gasteiger partial charge in [0.25, 0.3) is 0 Å². The summed E-state index contributed by atoms with van der Waals surface area (Å²) in [6.45, 7) is 3.77. The van der Waals surface area contributed by atoms with Crippen molar-refractivity contribution in [3.63, 3.8) is 0 Å². The summed E-state index contributed by atoms with van der Waals surface area (Å²) in [5.74, 6) is 1.24. The molecule has 120 valence electrons. The van der Waals surface area contributed by atoms with E-state index >= 15 is 0 Å². The lowest BCUT2D eigenvalue weighted by atomic mass is 9.85. The fourth-order valence-corrected chi connectivity index (χ4v) is 3.56. The van der Waals surface area contributed by atoms with Crippen LogP contribution in [-0.2, 0) is 13.0 Å². The molecule has 1 aliphatic rings. The van der Waals surface area contributed by atoms with Gasteiger partial charge in [-0.15, -0.1) is 0 Å². The van der Waals surface area contributed by atoms with Crippen LogP contribution in [0.5, 0.6) is 0 Å². The second kappa shape index (κ2) is 6.54. The minimum atomic E-state index is 0.395. The number of hydrogen-bond donors (Lipinski definition) is 1. The van der Waals surface area contributed by atoms with Gasteiger partial charge >= 0.3 is 0 Å². The standard InChI is InChI=1S/C21H21N3/c1-15-23-19-14-22-13-18(12-16-8-4-2-5-9-16)20(19)21(24-15)17-10-6-3-7-11-17/h2-11,18,22H,12-14H2,1H3. The summed E-state index contributed by atoms with van der Waals surface area (Å²) in [6, 6.07) is 21.2. The molecule has 0 fully saturated rings. The second-order valence-corrected chi connectivity index (χ2v) is 6.36. The molecule has 2 heterocycles. The minimum absolute atomic E-state index is 0.395. The lowest BCUT2D eigenvalue weighted by Gasteiger charge is -2.28. The van der Waals surface area contributed by atoms with Crippen LogP contribution in [0.3, 0.4) is 0 Å². The summed E-state index contributed by atoms with van der Waals surface area (Å²) in [4.78, 5) is 9.53. The monoisotopic (exact) mass is 315 g/mol. The quantitative estimate of drug-likeness (QED) is 0.797. The molecule has 0 radical (unpaired) electrons. The largest absolute Gasteiger partial charge is 0.311 e. The summed E-state index contributed by atoms with van der Waals surface area (Å²) in [7, 11) is 0. The smallest absolute Gasteiger partial charge is 0.126 e. The molecule has 3 heteroatoms. The highest BCUT2D eigenvalue weighted by Crippen LogP contribution is 2.34. The third-order valence-electron chi connectivity index (χ3n) is 4.60. The van der Waals surface area contributed by atoms with Gasteiger partial charge in [0.2, 0.25) is 0 Å². The Balaban J connectivity index is 1.81. The number of aryl methyl sites for hydroxylation is 1. The molecule has 2 aromatic carbocycles. The fourth-order valence-electron chi connectivity index (χ4n) is 3.56. The van der Waals surface area contributed by atoms with Gasteiger partial charge < -0.3 is 5.32 Å². The van der Waals surface area contributed by atoms with E-state index in [0.717, 1.165) is 36.7 Å². The normalized spacial score (nSPS) is 16.6. The Hall–Kier alpha value is -2.52. The molecule has 0 spiro atoms. The first-order valence-electron chi connectivity index (χ1n) is 8.49. The van der Waals surface area contributed by atoms with E-state index in [1.165, 1.54) is 16.7 Å². The molecule has 3 nitrogen and oxygen atoms in total. The predicted octanol–water partition coefficient (Wildman–Crippen LogP) is 3.88. The summed E-state index contributed by atoms with van der Waals surface area (Å²) in [5.41, 5.74) is 6.10. The number of aromatic nitrogens is 2. The number of benzene rings is 2.